The maximum Gasteiger partial charge on any atom is 0.227 e. The third kappa shape index (κ3) is 3.91. The number of carbonyl (C=O) groups is 1. The van der Waals surface area contributed by atoms with Gasteiger partial charge in [-0.15, -0.1) is 0 Å². The molecule has 0 spiro atoms. The number of halogens is 1. The summed E-state index contributed by atoms with van der Waals surface area (Å²) >= 11 is 0. The molecule has 3 heterocycles. The van der Waals surface area contributed by atoms with Crippen molar-refractivity contribution >= 4 is 27.7 Å². The number of hydrogen-bond acceptors (Lipinski definition) is 3. The average molecular weight is 417 g/mol. The van der Waals surface area contributed by atoms with Gasteiger partial charge in [0, 0.05) is 60.9 Å². The van der Waals surface area contributed by atoms with Gasteiger partial charge in [0.15, 0.2) is 0 Å². The number of piperazine rings is 1. The van der Waals surface area contributed by atoms with Gasteiger partial charge in [-0.2, -0.15) is 0 Å². The van der Waals surface area contributed by atoms with E-state index in [1.807, 2.05) is 24.1 Å². The van der Waals surface area contributed by atoms with Crippen molar-refractivity contribution in [3.8, 4) is 0 Å². The van der Waals surface area contributed by atoms with Crippen molar-refractivity contribution in [2.24, 2.45) is 0 Å². The molecule has 1 fully saturated rings. The molecule has 0 aliphatic carbocycles. The number of carbonyl (C=O) groups excluding carboxylic acids is 1. The Morgan fingerprint density at radius 2 is 1.90 bits per heavy atom. The highest BCUT2D eigenvalue weighted by Crippen LogP contribution is 2.24. The standard InChI is InChI=1S/C25H25FN4O/c1-17-21(22-14-20(26)7-8-23(22)28-17)15-24(31)30-12-10-29(11-13-30)16-19-5-2-4-18-6-3-9-27-25(18)19/h2-9,14,28H,10-13,15-16H2,1H3. The number of H-pyrrole nitrogens is 1. The van der Waals surface area contributed by atoms with E-state index >= 15 is 0 Å². The molecular weight excluding hydrogens is 391 g/mol. The lowest BCUT2D eigenvalue weighted by Gasteiger charge is -2.35. The van der Waals surface area contributed by atoms with Crippen LogP contribution in [0, 0.1) is 12.7 Å². The number of rotatable bonds is 4. The molecule has 6 heteroatoms. The Bertz CT molecular complexity index is 1250. The summed E-state index contributed by atoms with van der Waals surface area (Å²) in [6, 6.07) is 15.0. The molecule has 5 rings (SSSR count). The summed E-state index contributed by atoms with van der Waals surface area (Å²) in [7, 11) is 0. The molecule has 31 heavy (non-hydrogen) atoms. The van der Waals surface area contributed by atoms with Gasteiger partial charge < -0.3 is 9.88 Å². The fourth-order valence-electron chi connectivity index (χ4n) is 4.54. The first kappa shape index (κ1) is 19.7. The SMILES string of the molecule is Cc1[nH]c2ccc(F)cc2c1CC(=O)N1CCN(Cc2cccc3cccnc23)CC1. The Kier molecular flexibility index (Phi) is 5.16. The lowest BCUT2D eigenvalue weighted by molar-refractivity contribution is -0.132. The zero-order valence-corrected chi connectivity index (χ0v) is 17.6. The average Bonchev–Trinajstić information content (AvgIpc) is 3.09. The molecule has 1 N–H and O–H groups in total. The van der Waals surface area contributed by atoms with E-state index in [2.05, 4.69) is 39.1 Å². The van der Waals surface area contributed by atoms with Crippen LogP contribution in [0.3, 0.4) is 0 Å². The number of para-hydroxylation sites is 1. The van der Waals surface area contributed by atoms with Crippen LogP contribution in [-0.4, -0.2) is 51.9 Å². The summed E-state index contributed by atoms with van der Waals surface area (Å²) in [5.41, 5.74) is 4.95. The fraction of sp³-hybridized carbons (Fsp3) is 0.280. The molecule has 0 unspecified atom stereocenters. The number of benzene rings is 2. The number of fused-ring (bicyclic) bond motifs is 2. The highest BCUT2D eigenvalue weighted by molar-refractivity contribution is 5.90. The van der Waals surface area contributed by atoms with Gasteiger partial charge in [-0.05, 0) is 42.3 Å². The normalized spacial score (nSPS) is 15.1. The molecule has 1 saturated heterocycles. The number of pyridine rings is 1. The van der Waals surface area contributed by atoms with Crippen LogP contribution in [0.15, 0.2) is 54.7 Å². The molecule has 0 saturated carbocycles. The van der Waals surface area contributed by atoms with Crippen molar-refractivity contribution in [1.29, 1.82) is 0 Å². The molecule has 4 aromatic rings. The number of nitrogens with one attached hydrogen (secondary N) is 1. The van der Waals surface area contributed by atoms with E-state index in [-0.39, 0.29) is 11.7 Å². The molecule has 0 radical (unpaired) electrons. The number of aromatic amines is 1. The largest absolute Gasteiger partial charge is 0.358 e. The van der Waals surface area contributed by atoms with Crippen LogP contribution in [0.25, 0.3) is 21.8 Å². The fourth-order valence-corrected chi connectivity index (χ4v) is 4.54. The molecular formula is C25H25FN4O. The van der Waals surface area contributed by atoms with E-state index in [1.165, 1.54) is 17.7 Å². The zero-order valence-electron chi connectivity index (χ0n) is 17.6. The summed E-state index contributed by atoms with van der Waals surface area (Å²) in [5, 5.41) is 1.95. The second-order valence-corrected chi connectivity index (χ2v) is 8.24. The van der Waals surface area contributed by atoms with E-state index in [0.29, 0.717) is 19.5 Å². The van der Waals surface area contributed by atoms with Crippen molar-refractivity contribution in [2.75, 3.05) is 26.2 Å². The molecule has 1 aliphatic heterocycles. The van der Waals surface area contributed by atoms with Crippen LogP contribution in [0.5, 0.6) is 0 Å². The van der Waals surface area contributed by atoms with Crippen LogP contribution in [0.1, 0.15) is 16.8 Å². The Hall–Kier alpha value is -3.25. The summed E-state index contributed by atoms with van der Waals surface area (Å²) in [5.74, 6) is -0.184. The second kappa shape index (κ2) is 8.12. The van der Waals surface area contributed by atoms with Crippen molar-refractivity contribution in [3.63, 3.8) is 0 Å². The van der Waals surface area contributed by atoms with Gasteiger partial charge in [0.05, 0.1) is 11.9 Å². The van der Waals surface area contributed by atoms with E-state index in [4.69, 9.17) is 0 Å². The van der Waals surface area contributed by atoms with Crippen LogP contribution in [-0.2, 0) is 17.8 Å². The van der Waals surface area contributed by atoms with Crippen molar-refractivity contribution in [3.05, 3.63) is 77.4 Å². The van der Waals surface area contributed by atoms with Crippen molar-refractivity contribution in [2.45, 2.75) is 19.9 Å². The summed E-state index contributed by atoms with van der Waals surface area (Å²) in [4.78, 5) is 25.1. The van der Waals surface area contributed by atoms with Gasteiger partial charge in [0.1, 0.15) is 5.82 Å². The third-order valence-electron chi connectivity index (χ3n) is 6.24. The lowest BCUT2D eigenvalue weighted by atomic mass is 10.1. The van der Waals surface area contributed by atoms with Gasteiger partial charge in [0.25, 0.3) is 0 Å². The summed E-state index contributed by atoms with van der Waals surface area (Å²) in [6.45, 7) is 5.83. The summed E-state index contributed by atoms with van der Waals surface area (Å²) in [6.07, 6.45) is 2.13. The molecule has 2 aromatic carbocycles. The van der Waals surface area contributed by atoms with Gasteiger partial charge in [-0.1, -0.05) is 24.3 Å². The van der Waals surface area contributed by atoms with E-state index < -0.39 is 0 Å². The first-order chi connectivity index (χ1) is 15.1. The molecule has 2 aromatic heterocycles. The topological polar surface area (TPSA) is 52.2 Å². The number of aromatic nitrogens is 2. The predicted octanol–water partition coefficient (Wildman–Crippen LogP) is 4.05. The van der Waals surface area contributed by atoms with Crippen molar-refractivity contribution in [1.82, 2.24) is 19.8 Å². The smallest absolute Gasteiger partial charge is 0.227 e. The number of aryl methyl sites for hydroxylation is 1. The van der Waals surface area contributed by atoms with Gasteiger partial charge in [-0.25, -0.2) is 4.39 Å². The second-order valence-electron chi connectivity index (χ2n) is 8.24. The van der Waals surface area contributed by atoms with Crippen LogP contribution >= 0.6 is 0 Å². The summed E-state index contributed by atoms with van der Waals surface area (Å²) < 4.78 is 13.7. The Balaban J connectivity index is 1.24. The van der Waals surface area contributed by atoms with Crippen LogP contribution in [0.2, 0.25) is 0 Å². The minimum atomic E-state index is -0.281. The van der Waals surface area contributed by atoms with Crippen molar-refractivity contribution < 1.29 is 9.18 Å². The highest BCUT2D eigenvalue weighted by Gasteiger charge is 2.23. The van der Waals surface area contributed by atoms with Crippen LogP contribution in [0.4, 0.5) is 4.39 Å². The van der Waals surface area contributed by atoms with E-state index in [9.17, 15) is 9.18 Å². The maximum atomic E-state index is 13.7. The zero-order chi connectivity index (χ0) is 21.4. The molecule has 1 amide bonds. The Morgan fingerprint density at radius 3 is 2.74 bits per heavy atom. The minimum absolute atomic E-state index is 0.0970. The monoisotopic (exact) mass is 416 g/mol. The number of amides is 1. The quantitative estimate of drug-likeness (QED) is 0.546. The third-order valence-corrected chi connectivity index (χ3v) is 6.24. The van der Waals surface area contributed by atoms with Gasteiger partial charge in [0.2, 0.25) is 5.91 Å². The molecule has 0 atom stereocenters. The first-order valence-corrected chi connectivity index (χ1v) is 10.7. The number of nitrogens with zero attached hydrogens (tertiary/aromatic N) is 3. The van der Waals surface area contributed by atoms with Gasteiger partial charge in [-0.3, -0.25) is 14.7 Å². The van der Waals surface area contributed by atoms with E-state index in [0.717, 1.165) is 52.7 Å². The first-order valence-electron chi connectivity index (χ1n) is 10.7. The minimum Gasteiger partial charge on any atom is -0.358 e. The Labute approximate surface area is 180 Å². The molecule has 0 bridgehead atoms. The van der Waals surface area contributed by atoms with Gasteiger partial charge >= 0.3 is 0 Å². The molecule has 158 valence electrons. The van der Waals surface area contributed by atoms with E-state index in [1.54, 1.807) is 6.07 Å². The predicted molar refractivity (Wildman–Crippen MR) is 120 cm³/mol. The number of hydrogen-bond donors (Lipinski definition) is 1. The van der Waals surface area contributed by atoms with Crippen LogP contribution < -0.4 is 0 Å². The highest BCUT2D eigenvalue weighted by atomic mass is 19.1. The lowest BCUT2D eigenvalue weighted by Crippen LogP contribution is -2.48. The maximum absolute atomic E-state index is 13.7. The Morgan fingerprint density at radius 1 is 1.10 bits per heavy atom. The molecule has 5 nitrogen and oxygen atoms in total. The molecule has 1 aliphatic rings.